The highest BCUT2D eigenvalue weighted by Gasteiger charge is 2.21. The van der Waals surface area contributed by atoms with Gasteiger partial charge in [-0.15, -0.1) is 0 Å². The summed E-state index contributed by atoms with van der Waals surface area (Å²) in [5, 5.41) is 11.8. The van der Waals surface area contributed by atoms with Crippen molar-refractivity contribution in [3.8, 4) is 17.0 Å². The second-order valence-electron chi connectivity index (χ2n) is 7.10. The Labute approximate surface area is 158 Å². The van der Waals surface area contributed by atoms with Crippen LogP contribution in [-0.2, 0) is 0 Å². The maximum absolute atomic E-state index is 11.5. The molecule has 6 nitrogen and oxygen atoms in total. The van der Waals surface area contributed by atoms with Crippen LogP contribution >= 0.6 is 0 Å². The van der Waals surface area contributed by atoms with E-state index in [9.17, 15) is 4.79 Å². The predicted molar refractivity (Wildman–Crippen MR) is 106 cm³/mol. The second-order valence-corrected chi connectivity index (χ2v) is 7.10. The zero-order valence-corrected chi connectivity index (χ0v) is 15.4. The van der Waals surface area contributed by atoms with E-state index in [4.69, 9.17) is 10.5 Å². The number of primary amides is 1. The molecule has 27 heavy (non-hydrogen) atoms. The van der Waals surface area contributed by atoms with Gasteiger partial charge in [-0.05, 0) is 56.6 Å². The molecule has 2 unspecified atom stereocenters. The van der Waals surface area contributed by atoms with Crippen LogP contribution in [0.3, 0.4) is 0 Å². The number of nitrogens with zero attached hydrogens (tertiary/aromatic N) is 1. The topological polar surface area (TPSA) is 93.0 Å². The van der Waals surface area contributed by atoms with Gasteiger partial charge in [0.15, 0.2) is 0 Å². The van der Waals surface area contributed by atoms with Crippen molar-refractivity contribution in [2.24, 2.45) is 5.73 Å². The van der Waals surface area contributed by atoms with E-state index in [1.54, 1.807) is 12.1 Å². The van der Waals surface area contributed by atoms with Gasteiger partial charge in [0.05, 0.1) is 5.52 Å². The molecule has 2 heterocycles. The molecular formula is C21H24N4O2. The molecule has 1 aliphatic heterocycles. The summed E-state index contributed by atoms with van der Waals surface area (Å²) in [7, 11) is 0. The molecule has 1 saturated heterocycles. The molecule has 6 heteroatoms. The van der Waals surface area contributed by atoms with Gasteiger partial charge >= 0.3 is 0 Å². The maximum Gasteiger partial charge on any atom is 0.248 e. The number of aromatic nitrogens is 2. The highest BCUT2D eigenvalue weighted by Crippen LogP contribution is 2.30. The third kappa shape index (κ3) is 3.66. The van der Waals surface area contributed by atoms with Crippen molar-refractivity contribution in [2.45, 2.75) is 38.3 Å². The average molecular weight is 364 g/mol. The van der Waals surface area contributed by atoms with Crippen LogP contribution in [0.4, 0.5) is 0 Å². The van der Waals surface area contributed by atoms with Crippen molar-refractivity contribution in [2.75, 3.05) is 6.54 Å². The minimum absolute atomic E-state index is 0.0953. The van der Waals surface area contributed by atoms with Crippen LogP contribution in [-0.4, -0.2) is 34.8 Å². The monoisotopic (exact) mass is 364 g/mol. The Morgan fingerprint density at radius 1 is 1.26 bits per heavy atom. The third-order valence-electron chi connectivity index (χ3n) is 5.19. The summed E-state index contributed by atoms with van der Waals surface area (Å²) >= 11 is 0. The van der Waals surface area contributed by atoms with Gasteiger partial charge in [0, 0.05) is 22.6 Å². The van der Waals surface area contributed by atoms with Crippen molar-refractivity contribution < 1.29 is 9.53 Å². The van der Waals surface area contributed by atoms with Crippen molar-refractivity contribution in [1.29, 1.82) is 0 Å². The maximum atomic E-state index is 11.5. The highest BCUT2D eigenvalue weighted by molar-refractivity contribution is 6.00. The largest absolute Gasteiger partial charge is 0.489 e. The number of hydrogen-bond donors (Lipinski definition) is 3. The van der Waals surface area contributed by atoms with Crippen LogP contribution in [0.15, 0.2) is 42.5 Å². The molecule has 2 aromatic carbocycles. The predicted octanol–water partition coefficient (Wildman–Crippen LogP) is 3.24. The molecule has 0 radical (unpaired) electrons. The van der Waals surface area contributed by atoms with E-state index in [2.05, 4.69) is 22.4 Å². The lowest BCUT2D eigenvalue weighted by molar-refractivity contribution is 0.100. The number of carbonyl (C=O) groups is 1. The van der Waals surface area contributed by atoms with Crippen LogP contribution in [0.5, 0.6) is 5.75 Å². The number of ether oxygens (including phenoxy) is 1. The third-order valence-corrected chi connectivity index (χ3v) is 5.19. The van der Waals surface area contributed by atoms with Gasteiger partial charge in [-0.3, -0.25) is 9.89 Å². The first-order valence-electron chi connectivity index (χ1n) is 9.40. The zero-order valence-electron chi connectivity index (χ0n) is 15.4. The number of rotatable bonds is 5. The molecule has 0 saturated carbocycles. The smallest absolute Gasteiger partial charge is 0.248 e. The quantitative estimate of drug-likeness (QED) is 0.648. The van der Waals surface area contributed by atoms with E-state index in [-0.39, 0.29) is 6.10 Å². The lowest BCUT2D eigenvalue weighted by Crippen LogP contribution is -2.44. The van der Waals surface area contributed by atoms with E-state index < -0.39 is 5.91 Å². The number of carbonyl (C=O) groups excluding carboxylic acids is 1. The van der Waals surface area contributed by atoms with Crippen LogP contribution in [0, 0.1) is 0 Å². The second kappa shape index (κ2) is 7.40. The number of aromatic amines is 1. The minimum atomic E-state index is -0.449. The average Bonchev–Trinajstić information content (AvgIpc) is 3.12. The molecule has 4 N–H and O–H groups in total. The standard InChI is InChI=1S/C21H24N4O2/c1-13(18-7-2-3-10-23-18)27-16-6-4-5-14(11-16)20-17-12-15(21(22)26)8-9-19(17)24-25-20/h4-6,8-9,11-13,18,23H,2-3,7,10H2,1H3,(H2,22,26)(H,24,25). The molecular weight excluding hydrogens is 340 g/mol. The Hall–Kier alpha value is -2.86. The SMILES string of the molecule is CC(Oc1cccc(-c2n[nH]c3ccc(C(N)=O)cc23)c1)C1CCCCN1. The van der Waals surface area contributed by atoms with Crippen molar-refractivity contribution in [1.82, 2.24) is 15.5 Å². The molecule has 1 fully saturated rings. The van der Waals surface area contributed by atoms with Crippen LogP contribution < -0.4 is 15.8 Å². The summed E-state index contributed by atoms with van der Waals surface area (Å²) in [6, 6.07) is 13.6. The fraction of sp³-hybridized carbons (Fsp3) is 0.333. The molecule has 0 aliphatic carbocycles. The Balaban J connectivity index is 1.61. The Kier molecular flexibility index (Phi) is 4.81. The number of nitrogens with two attached hydrogens (primary N) is 1. The fourth-order valence-electron chi connectivity index (χ4n) is 3.68. The molecule has 1 aliphatic rings. The van der Waals surface area contributed by atoms with Gasteiger partial charge in [0.25, 0.3) is 0 Å². The number of benzene rings is 2. The summed E-state index contributed by atoms with van der Waals surface area (Å²) in [6.45, 7) is 3.17. The lowest BCUT2D eigenvalue weighted by Gasteiger charge is -2.29. The number of H-pyrrole nitrogens is 1. The van der Waals surface area contributed by atoms with Crippen LogP contribution in [0.2, 0.25) is 0 Å². The normalized spacial score (nSPS) is 18.3. The number of nitrogens with one attached hydrogen (secondary N) is 2. The van der Waals surface area contributed by atoms with E-state index in [1.165, 1.54) is 12.8 Å². The van der Waals surface area contributed by atoms with E-state index in [0.717, 1.165) is 40.9 Å². The molecule has 1 aromatic heterocycles. The fourth-order valence-corrected chi connectivity index (χ4v) is 3.68. The molecule has 4 rings (SSSR count). The lowest BCUT2D eigenvalue weighted by atomic mass is 10.0. The molecule has 2 atom stereocenters. The molecule has 1 amide bonds. The van der Waals surface area contributed by atoms with E-state index in [0.29, 0.717) is 11.6 Å². The van der Waals surface area contributed by atoms with E-state index in [1.807, 2.05) is 30.3 Å². The number of amides is 1. The minimum Gasteiger partial charge on any atom is -0.489 e. The summed E-state index contributed by atoms with van der Waals surface area (Å²) in [6.07, 6.45) is 3.71. The van der Waals surface area contributed by atoms with Crippen molar-refractivity contribution in [3.63, 3.8) is 0 Å². The molecule has 140 valence electrons. The Morgan fingerprint density at radius 2 is 2.15 bits per heavy atom. The number of piperidine rings is 1. The van der Waals surface area contributed by atoms with Crippen LogP contribution in [0.1, 0.15) is 36.5 Å². The first kappa shape index (κ1) is 17.5. The number of fused-ring (bicyclic) bond motifs is 1. The summed E-state index contributed by atoms with van der Waals surface area (Å²) in [5.74, 6) is 0.365. The van der Waals surface area contributed by atoms with Crippen molar-refractivity contribution >= 4 is 16.8 Å². The highest BCUT2D eigenvalue weighted by atomic mass is 16.5. The van der Waals surface area contributed by atoms with Gasteiger partial charge in [0.1, 0.15) is 17.5 Å². The van der Waals surface area contributed by atoms with Gasteiger partial charge in [-0.1, -0.05) is 18.6 Å². The summed E-state index contributed by atoms with van der Waals surface area (Å²) in [5.41, 5.74) is 8.46. The Bertz CT molecular complexity index is 960. The molecule has 0 spiro atoms. The first-order chi connectivity index (χ1) is 13.1. The zero-order chi connectivity index (χ0) is 18.8. The molecule has 0 bridgehead atoms. The van der Waals surface area contributed by atoms with Crippen LogP contribution in [0.25, 0.3) is 22.2 Å². The van der Waals surface area contributed by atoms with Gasteiger partial charge in [-0.25, -0.2) is 0 Å². The summed E-state index contributed by atoms with van der Waals surface area (Å²) in [4.78, 5) is 11.5. The molecule has 3 aromatic rings. The van der Waals surface area contributed by atoms with Gasteiger partial charge in [0.2, 0.25) is 5.91 Å². The van der Waals surface area contributed by atoms with Gasteiger partial charge in [-0.2, -0.15) is 5.10 Å². The van der Waals surface area contributed by atoms with Crippen molar-refractivity contribution in [3.05, 3.63) is 48.0 Å². The first-order valence-corrected chi connectivity index (χ1v) is 9.40. The Morgan fingerprint density at radius 3 is 2.93 bits per heavy atom. The summed E-state index contributed by atoms with van der Waals surface area (Å²) < 4.78 is 6.19. The number of hydrogen-bond acceptors (Lipinski definition) is 4. The van der Waals surface area contributed by atoms with Gasteiger partial charge < -0.3 is 15.8 Å². The van der Waals surface area contributed by atoms with E-state index >= 15 is 0 Å².